The topological polar surface area (TPSA) is 55.3 Å². The van der Waals surface area contributed by atoms with Gasteiger partial charge in [0.15, 0.2) is 0 Å². The Balaban J connectivity index is 1.17. The van der Waals surface area contributed by atoms with Gasteiger partial charge < -0.3 is 9.64 Å². The van der Waals surface area contributed by atoms with Crippen LogP contribution >= 0.6 is 0 Å². The Bertz CT molecular complexity index is 1020. The van der Waals surface area contributed by atoms with Gasteiger partial charge in [-0.2, -0.15) is 0 Å². The number of hydrogen-bond donors (Lipinski definition) is 0. The Hall–Kier alpha value is -3.21. The minimum Gasteiger partial charge on any atom is -0.489 e. The van der Waals surface area contributed by atoms with Gasteiger partial charge in [-0.05, 0) is 42.5 Å². The van der Waals surface area contributed by atoms with Gasteiger partial charge in [-0.25, -0.2) is 9.97 Å². The summed E-state index contributed by atoms with van der Waals surface area (Å²) in [5.74, 6) is 1.08. The number of carbonyl (C=O) groups is 1. The fourth-order valence-electron chi connectivity index (χ4n) is 4.68. The third-order valence-corrected chi connectivity index (χ3v) is 6.20. The maximum Gasteiger partial charge on any atom is 0.223 e. The summed E-state index contributed by atoms with van der Waals surface area (Å²) in [7, 11) is 0. The van der Waals surface area contributed by atoms with E-state index in [1.54, 1.807) is 6.33 Å². The summed E-state index contributed by atoms with van der Waals surface area (Å²) in [6.07, 6.45) is 7.70. The van der Waals surface area contributed by atoms with E-state index in [1.807, 2.05) is 36.5 Å². The Morgan fingerprint density at radius 1 is 1.03 bits per heavy atom. The van der Waals surface area contributed by atoms with Crippen LogP contribution in [-0.2, 0) is 24.2 Å². The summed E-state index contributed by atoms with van der Waals surface area (Å²) in [4.78, 5) is 23.7. The molecule has 5 nitrogen and oxygen atoms in total. The number of benzene rings is 2. The van der Waals surface area contributed by atoms with E-state index in [2.05, 4.69) is 39.1 Å². The van der Waals surface area contributed by atoms with Gasteiger partial charge >= 0.3 is 0 Å². The van der Waals surface area contributed by atoms with Crippen molar-refractivity contribution in [3.05, 3.63) is 89.5 Å². The van der Waals surface area contributed by atoms with Crippen LogP contribution in [0.3, 0.4) is 0 Å². The highest BCUT2D eigenvalue weighted by Crippen LogP contribution is 2.43. The zero-order valence-electron chi connectivity index (χ0n) is 16.9. The summed E-state index contributed by atoms with van der Waals surface area (Å²) in [6, 6.07) is 18.7. The molecule has 2 aliphatic rings. The molecule has 0 saturated carbocycles. The first-order valence-corrected chi connectivity index (χ1v) is 10.6. The second kappa shape index (κ2) is 8.27. The summed E-state index contributed by atoms with van der Waals surface area (Å²) >= 11 is 0. The molecular weight excluding hydrogens is 374 g/mol. The molecule has 0 radical (unpaired) electrons. The van der Waals surface area contributed by atoms with E-state index in [0.717, 1.165) is 53.8 Å². The predicted molar refractivity (Wildman–Crippen MR) is 114 cm³/mol. The maximum absolute atomic E-state index is 13.0. The van der Waals surface area contributed by atoms with E-state index in [-0.39, 0.29) is 11.9 Å². The molecule has 2 aliphatic heterocycles. The number of amides is 1. The Morgan fingerprint density at radius 2 is 1.87 bits per heavy atom. The van der Waals surface area contributed by atoms with E-state index >= 15 is 0 Å². The molecule has 3 heterocycles. The van der Waals surface area contributed by atoms with Crippen molar-refractivity contribution in [2.24, 2.45) is 0 Å². The van der Waals surface area contributed by atoms with Crippen molar-refractivity contribution >= 4 is 5.91 Å². The summed E-state index contributed by atoms with van der Waals surface area (Å²) in [5.41, 5.74) is 4.56. The first-order valence-electron chi connectivity index (χ1n) is 10.6. The molecule has 1 fully saturated rings. The van der Waals surface area contributed by atoms with Crippen molar-refractivity contribution in [2.45, 2.75) is 50.8 Å². The molecule has 30 heavy (non-hydrogen) atoms. The molecule has 1 aromatic heterocycles. The van der Waals surface area contributed by atoms with Gasteiger partial charge in [-0.3, -0.25) is 4.79 Å². The average Bonchev–Trinajstić information content (AvgIpc) is 3.12. The molecule has 5 heteroatoms. The molecule has 2 atom stereocenters. The van der Waals surface area contributed by atoms with Crippen LogP contribution in [-0.4, -0.2) is 26.8 Å². The fraction of sp³-hybridized carbons (Fsp3) is 0.320. The lowest BCUT2D eigenvalue weighted by atomic mass is 9.98. The van der Waals surface area contributed by atoms with Crippen LogP contribution in [0, 0.1) is 0 Å². The fourth-order valence-corrected chi connectivity index (χ4v) is 4.68. The lowest BCUT2D eigenvalue weighted by Crippen LogP contribution is -2.42. The average molecular weight is 399 g/mol. The number of rotatable bonds is 6. The summed E-state index contributed by atoms with van der Waals surface area (Å²) in [6.45, 7) is 0.557. The summed E-state index contributed by atoms with van der Waals surface area (Å²) in [5, 5.41) is 0. The third kappa shape index (κ3) is 3.80. The first-order chi connectivity index (χ1) is 14.8. The molecular formula is C25H25N3O2. The van der Waals surface area contributed by atoms with Crippen LogP contribution < -0.4 is 4.74 Å². The zero-order valence-corrected chi connectivity index (χ0v) is 16.9. The SMILES string of the molecule is O=C(CCc1ccc(OCc2ccccc2)cc1)N1C2CCC1c1cncnc1C2. The standard InChI is InChI=1S/C25H25N3O2/c29-25(28-20-9-12-24(28)22-15-26-17-27-23(22)14-20)13-8-18-6-10-21(11-7-18)30-16-19-4-2-1-3-5-19/h1-7,10-11,15,17,20,24H,8-9,12-14,16H2. The molecule has 2 aromatic carbocycles. The van der Waals surface area contributed by atoms with Crippen LogP contribution in [0.4, 0.5) is 0 Å². The number of hydrogen-bond acceptors (Lipinski definition) is 4. The van der Waals surface area contributed by atoms with Gasteiger partial charge in [0.05, 0.1) is 11.7 Å². The minimum absolute atomic E-state index is 0.154. The molecule has 0 N–H and O–H groups in total. The van der Waals surface area contributed by atoms with E-state index < -0.39 is 0 Å². The molecule has 5 rings (SSSR count). The number of nitrogens with zero attached hydrogens (tertiary/aromatic N) is 3. The highest BCUT2D eigenvalue weighted by molar-refractivity contribution is 5.78. The van der Waals surface area contributed by atoms with Crippen molar-refractivity contribution in [2.75, 3.05) is 0 Å². The van der Waals surface area contributed by atoms with Crippen molar-refractivity contribution in [1.82, 2.24) is 14.9 Å². The van der Waals surface area contributed by atoms with Crippen LogP contribution in [0.5, 0.6) is 5.75 Å². The molecule has 2 unspecified atom stereocenters. The van der Waals surface area contributed by atoms with Gasteiger partial charge in [0.2, 0.25) is 5.91 Å². The van der Waals surface area contributed by atoms with Crippen molar-refractivity contribution in [3.63, 3.8) is 0 Å². The molecule has 2 bridgehead atoms. The van der Waals surface area contributed by atoms with E-state index in [1.165, 1.54) is 0 Å². The monoisotopic (exact) mass is 399 g/mol. The highest BCUT2D eigenvalue weighted by Gasteiger charge is 2.42. The maximum atomic E-state index is 13.0. The molecule has 1 amide bonds. The van der Waals surface area contributed by atoms with E-state index in [9.17, 15) is 4.79 Å². The number of aryl methyl sites for hydroxylation is 1. The van der Waals surface area contributed by atoms with Crippen LogP contribution in [0.15, 0.2) is 67.1 Å². The summed E-state index contributed by atoms with van der Waals surface area (Å²) < 4.78 is 5.85. The van der Waals surface area contributed by atoms with Crippen LogP contribution in [0.1, 0.15) is 47.7 Å². The van der Waals surface area contributed by atoms with Crippen LogP contribution in [0.25, 0.3) is 0 Å². The van der Waals surface area contributed by atoms with Gasteiger partial charge in [-0.15, -0.1) is 0 Å². The smallest absolute Gasteiger partial charge is 0.223 e. The number of aromatic nitrogens is 2. The third-order valence-electron chi connectivity index (χ3n) is 6.20. The second-order valence-corrected chi connectivity index (χ2v) is 8.10. The van der Waals surface area contributed by atoms with E-state index in [0.29, 0.717) is 19.1 Å². The lowest BCUT2D eigenvalue weighted by molar-refractivity contribution is -0.134. The number of carbonyl (C=O) groups excluding carboxylic acids is 1. The first kappa shape index (κ1) is 18.8. The largest absolute Gasteiger partial charge is 0.489 e. The van der Waals surface area contributed by atoms with Crippen molar-refractivity contribution in [1.29, 1.82) is 0 Å². The minimum atomic E-state index is 0.154. The van der Waals surface area contributed by atoms with E-state index in [4.69, 9.17) is 4.74 Å². The highest BCUT2D eigenvalue weighted by atomic mass is 16.5. The van der Waals surface area contributed by atoms with Crippen molar-refractivity contribution in [3.8, 4) is 5.75 Å². The van der Waals surface area contributed by atoms with Gasteiger partial charge in [0, 0.05) is 30.6 Å². The molecule has 0 spiro atoms. The molecule has 3 aromatic rings. The van der Waals surface area contributed by atoms with Gasteiger partial charge in [0.25, 0.3) is 0 Å². The number of ether oxygens (including phenoxy) is 1. The Labute approximate surface area is 176 Å². The number of fused-ring (bicyclic) bond motifs is 4. The zero-order chi connectivity index (χ0) is 20.3. The van der Waals surface area contributed by atoms with Crippen LogP contribution in [0.2, 0.25) is 0 Å². The second-order valence-electron chi connectivity index (χ2n) is 8.10. The quantitative estimate of drug-likeness (QED) is 0.621. The normalized spacial score (nSPS) is 19.4. The van der Waals surface area contributed by atoms with Gasteiger partial charge in [0.1, 0.15) is 18.7 Å². The predicted octanol–water partition coefficient (Wildman–Crippen LogP) is 4.28. The molecule has 0 aliphatic carbocycles. The molecule has 152 valence electrons. The Morgan fingerprint density at radius 3 is 2.70 bits per heavy atom. The van der Waals surface area contributed by atoms with Crippen molar-refractivity contribution < 1.29 is 9.53 Å². The van der Waals surface area contributed by atoms with Gasteiger partial charge in [-0.1, -0.05) is 42.5 Å². The Kier molecular flexibility index (Phi) is 5.18. The lowest BCUT2D eigenvalue weighted by Gasteiger charge is -2.35. The molecule has 1 saturated heterocycles.